The molecule has 0 amide bonds. The van der Waals surface area contributed by atoms with Crippen molar-refractivity contribution in [2.45, 2.75) is 0 Å². The highest BCUT2D eigenvalue weighted by Gasteiger charge is 2.06. The van der Waals surface area contributed by atoms with Gasteiger partial charge in [-0.15, -0.1) is 0 Å². The first kappa shape index (κ1) is 12.8. The maximum Gasteiger partial charge on any atom is 0.129 e. The second kappa shape index (κ2) is 6.35. The van der Waals surface area contributed by atoms with Crippen LogP contribution in [0, 0.1) is 0 Å². The van der Waals surface area contributed by atoms with Gasteiger partial charge in [0.25, 0.3) is 0 Å². The predicted molar refractivity (Wildman–Crippen MR) is 73.9 cm³/mol. The number of hydrogen-bond acceptors (Lipinski definition) is 3. The minimum absolute atomic E-state index is 0.357. The third-order valence-electron chi connectivity index (χ3n) is 1.75. The smallest absolute Gasteiger partial charge is 0.129 e. The number of thiocarbonyl (C=S) groups is 1. The lowest BCUT2D eigenvalue weighted by atomic mass is 10.2. The molecule has 0 aliphatic heterocycles. The van der Waals surface area contributed by atoms with Crippen LogP contribution in [0.1, 0.15) is 5.56 Å². The zero-order valence-corrected chi connectivity index (χ0v) is 11.5. The highest BCUT2D eigenvalue weighted by molar-refractivity contribution is 9.10. The number of rotatable bonds is 5. The summed E-state index contributed by atoms with van der Waals surface area (Å²) in [5.74, 6) is 1.70. The van der Waals surface area contributed by atoms with Crippen molar-refractivity contribution in [3.8, 4) is 5.75 Å². The van der Waals surface area contributed by atoms with E-state index in [2.05, 4.69) is 15.9 Å². The molecule has 2 N–H and O–H groups in total. The van der Waals surface area contributed by atoms with E-state index in [0.29, 0.717) is 11.6 Å². The summed E-state index contributed by atoms with van der Waals surface area (Å²) in [7, 11) is 0. The van der Waals surface area contributed by atoms with E-state index in [1.807, 2.05) is 24.5 Å². The summed E-state index contributed by atoms with van der Waals surface area (Å²) >= 11 is 10.1. The van der Waals surface area contributed by atoms with E-state index in [-0.39, 0.29) is 0 Å². The summed E-state index contributed by atoms with van der Waals surface area (Å²) in [5, 5.41) is 0. The zero-order valence-electron chi connectivity index (χ0n) is 8.33. The van der Waals surface area contributed by atoms with Gasteiger partial charge in [0.15, 0.2) is 0 Å². The van der Waals surface area contributed by atoms with Crippen molar-refractivity contribution in [1.82, 2.24) is 0 Å². The van der Waals surface area contributed by atoms with Crippen LogP contribution in [-0.4, -0.2) is 23.6 Å². The minimum atomic E-state index is 0.357. The van der Waals surface area contributed by atoms with Crippen molar-refractivity contribution in [2.75, 3.05) is 18.6 Å². The van der Waals surface area contributed by atoms with Crippen molar-refractivity contribution in [1.29, 1.82) is 0 Å². The molecule has 0 spiro atoms. The fourth-order valence-electron chi connectivity index (χ4n) is 1.06. The van der Waals surface area contributed by atoms with E-state index in [1.54, 1.807) is 11.8 Å². The van der Waals surface area contributed by atoms with Gasteiger partial charge in [-0.05, 0) is 24.5 Å². The van der Waals surface area contributed by atoms with E-state index in [1.165, 1.54) is 0 Å². The molecule has 0 radical (unpaired) electrons. The topological polar surface area (TPSA) is 35.2 Å². The first-order valence-electron chi connectivity index (χ1n) is 4.36. The van der Waals surface area contributed by atoms with Gasteiger partial charge >= 0.3 is 0 Å². The van der Waals surface area contributed by atoms with Crippen LogP contribution < -0.4 is 10.5 Å². The summed E-state index contributed by atoms with van der Waals surface area (Å²) in [4.78, 5) is 0.357. The summed E-state index contributed by atoms with van der Waals surface area (Å²) in [6, 6.07) is 5.66. The van der Waals surface area contributed by atoms with Crippen LogP contribution >= 0.6 is 39.9 Å². The van der Waals surface area contributed by atoms with Crippen molar-refractivity contribution < 1.29 is 4.74 Å². The molecule has 0 saturated heterocycles. The molecule has 0 aromatic heterocycles. The molecule has 0 saturated carbocycles. The van der Waals surface area contributed by atoms with Gasteiger partial charge < -0.3 is 10.5 Å². The number of nitrogens with two attached hydrogens (primary N) is 1. The lowest BCUT2D eigenvalue weighted by molar-refractivity contribution is 0.343. The Bertz CT molecular complexity index is 357. The molecule has 2 nitrogen and oxygen atoms in total. The fourth-order valence-corrected chi connectivity index (χ4v) is 1.83. The zero-order chi connectivity index (χ0) is 11.3. The highest BCUT2D eigenvalue weighted by Crippen LogP contribution is 2.23. The Morgan fingerprint density at radius 1 is 1.60 bits per heavy atom. The number of benzene rings is 1. The van der Waals surface area contributed by atoms with Crippen molar-refractivity contribution in [2.24, 2.45) is 5.73 Å². The molecule has 1 rings (SSSR count). The second-order valence-corrected chi connectivity index (χ2v) is 5.19. The summed E-state index contributed by atoms with van der Waals surface area (Å²) in [5.41, 5.74) is 6.39. The molecular weight excluding hydrogens is 294 g/mol. The summed E-state index contributed by atoms with van der Waals surface area (Å²) in [6.45, 7) is 0.665. The van der Waals surface area contributed by atoms with Crippen LogP contribution in [0.5, 0.6) is 5.75 Å². The SMILES string of the molecule is CSCCOc1ccc(Br)cc1C(N)=S. The molecule has 0 heterocycles. The lowest BCUT2D eigenvalue weighted by Crippen LogP contribution is -2.12. The minimum Gasteiger partial charge on any atom is -0.492 e. The van der Waals surface area contributed by atoms with E-state index in [9.17, 15) is 0 Å². The number of ether oxygens (including phenoxy) is 1. The normalized spacial score (nSPS) is 10.0. The van der Waals surface area contributed by atoms with Gasteiger partial charge in [0.2, 0.25) is 0 Å². The number of hydrogen-bond donors (Lipinski definition) is 1. The predicted octanol–water partition coefficient (Wildman–Crippen LogP) is 2.83. The fraction of sp³-hybridized carbons (Fsp3) is 0.300. The molecule has 0 aliphatic rings. The van der Waals surface area contributed by atoms with E-state index in [0.717, 1.165) is 21.5 Å². The molecule has 0 aliphatic carbocycles. The van der Waals surface area contributed by atoms with Gasteiger partial charge in [-0.2, -0.15) is 11.8 Å². The van der Waals surface area contributed by atoms with Crippen molar-refractivity contribution in [3.05, 3.63) is 28.2 Å². The van der Waals surface area contributed by atoms with Crippen LogP contribution in [0.3, 0.4) is 0 Å². The highest BCUT2D eigenvalue weighted by atomic mass is 79.9. The average molecular weight is 306 g/mol. The Kier molecular flexibility index (Phi) is 5.42. The van der Waals surface area contributed by atoms with Crippen LogP contribution in [-0.2, 0) is 0 Å². The first-order chi connectivity index (χ1) is 7.15. The molecule has 5 heteroatoms. The summed E-state index contributed by atoms with van der Waals surface area (Å²) in [6.07, 6.45) is 2.04. The van der Waals surface area contributed by atoms with E-state index in [4.69, 9.17) is 22.7 Å². The Balaban J connectivity index is 2.81. The van der Waals surface area contributed by atoms with Gasteiger partial charge in [-0.3, -0.25) is 0 Å². The van der Waals surface area contributed by atoms with Crippen LogP contribution in [0.15, 0.2) is 22.7 Å². The number of thioether (sulfide) groups is 1. The quantitative estimate of drug-likeness (QED) is 0.670. The molecular formula is C10H12BrNOS2. The standard InChI is InChI=1S/C10H12BrNOS2/c1-15-5-4-13-9-3-2-7(11)6-8(9)10(12)14/h2-3,6H,4-5H2,1H3,(H2,12,14). The molecule has 1 aromatic rings. The van der Waals surface area contributed by atoms with E-state index >= 15 is 0 Å². The molecule has 82 valence electrons. The van der Waals surface area contributed by atoms with Gasteiger partial charge in [0.05, 0.1) is 12.2 Å². The largest absolute Gasteiger partial charge is 0.492 e. The molecule has 0 atom stereocenters. The van der Waals surface area contributed by atoms with Crippen LogP contribution in [0.2, 0.25) is 0 Å². The van der Waals surface area contributed by atoms with Crippen LogP contribution in [0.4, 0.5) is 0 Å². The van der Waals surface area contributed by atoms with Gasteiger partial charge in [-0.25, -0.2) is 0 Å². The first-order valence-corrected chi connectivity index (χ1v) is 6.95. The third kappa shape index (κ3) is 4.01. The Hall–Kier alpha value is -0.260. The van der Waals surface area contributed by atoms with Crippen LogP contribution in [0.25, 0.3) is 0 Å². The Morgan fingerprint density at radius 2 is 2.33 bits per heavy atom. The number of halogens is 1. The maximum atomic E-state index is 5.61. The molecule has 15 heavy (non-hydrogen) atoms. The van der Waals surface area contributed by atoms with Gasteiger partial charge in [0.1, 0.15) is 10.7 Å². The van der Waals surface area contributed by atoms with Gasteiger partial charge in [0, 0.05) is 10.2 Å². The third-order valence-corrected chi connectivity index (χ3v) is 3.04. The molecule has 1 aromatic carbocycles. The molecule has 0 bridgehead atoms. The Labute approximate surface area is 108 Å². The molecule has 0 unspecified atom stereocenters. The molecule has 0 fully saturated rings. The lowest BCUT2D eigenvalue weighted by Gasteiger charge is -2.10. The Morgan fingerprint density at radius 3 is 2.93 bits per heavy atom. The maximum absolute atomic E-state index is 5.61. The summed E-state index contributed by atoms with van der Waals surface area (Å²) < 4.78 is 6.53. The van der Waals surface area contributed by atoms with Gasteiger partial charge in [-0.1, -0.05) is 28.1 Å². The van der Waals surface area contributed by atoms with E-state index < -0.39 is 0 Å². The second-order valence-electron chi connectivity index (χ2n) is 2.85. The average Bonchev–Trinajstić information content (AvgIpc) is 2.20. The van der Waals surface area contributed by atoms with Crippen molar-refractivity contribution in [3.63, 3.8) is 0 Å². The van der Waals surface area contributed by atoms with Crippen molar-refractivity contribution >= 4 is 44.9 Å². The monoisotopic (exact) mass is 305 g/mol.